The normalized spacial score (nSPS) is 10.2. The lowest BCUT2D eigenvalue weighted by atomic mass is 10.3. The largest absolute Gasteiger partial charge is 0.340 e. The van der Waals surface area contributed by atoms with Gasteiger partial charge in [-0.05, 0) is 6.07 Å². The Kier molecular flexibility index (Phi) is 3.29. The van der Waals surface area contributed by atoms with Gasteiger partial charge in [0.05, 0.1) is 12.1 Å². The summed E-state index contributed by atoms with van der Waals surface area (Å²) in [6.45, 7) is 3.03. The van der Waals surface area contributed by atoms with Crippen molar-refractivity contribution >= 4 is 11.3 Å². The minimum Gasteiger partial charge on any atom is -0.340 e. The highest BCUT2D eigenvalue weighted by Crippen LogP contribution is 2.13. The van der Waals surface area contributed by atoms with Crippen molar-refractivity contribution in [1.82, 2.24) is 15.5 Å². The number of hydrogen-bond acceptors (Lipinski definition) is 6. The van der Waals surface area contributed by atoms with Gasteiger partial charge in [-0.2, -0.15) is 10.2 Å². The van der Waals surface area contributed by atoms with Crippen LogP contribution in [0.25, 0.3) is 0 Å². The van der Waals surface area contributed by atoms with Gasteiger partial charge in [0.25, 0.3) is 0 Å². The Bertz CT molecular complexity index is 511. The first kappa shape index (κ1) is 10.8. The van der Waals surface area contributed by atoms with Crippen molar-refractivity contribution < 1.29 is 4.52 Å². The smallest absolute Gasteiger partial charge is 0.223 e. The van der Waals surface area contributed by atoms with Crippen molar-refractivity contribution in [1.29, 1.82) is 5.26 Å². The summed E-state index contributed by atoms with van der Waals surface area (Å²) in [6.07, 6.45) is 0. The van der Waals surface area contributed by atoms with Gasteiger partial charge in [-0.25, -0.2) is 0 Å². The Labute approximate surface area is 96.7 Å². The molecule has 0 radical (unpaired) electrons. The SMILES string of the molecule is Cc1nc(CNCc2cc(C#N)cs2)no1. The summed E-state index contributed by atoms with van der Waals surface area (Å²) in [4.78, 5) is 5.20. The topological polar surface area (TPSA) is 74.7 Å². The van der Waals surface area contributed by atoms with Crippen LogP contribution in [0.15, 0.2) is 16.0 Å². The fraction of sp³-hybridized carbons (Fsp3) is 0.300. The Hall–Kier alpha value is -1.71. The highest BCUT2D eigenvalue weighted by Gasteiger charge is 2.02. The highest BCUT2D eigenvalue weighted by atomic mass is 32.1. The Morgan fingerprint density at radius 3 is 3.06 bits per heavy atom. The second-order valence-corrected chi connectivity index (χ2v) is 4.24. The van der Waals surface area contributed by atoms with Crippen molar-refractivity contribution in [3.63, 3.8) is 0 Å². The minimum atomic E-state index is 0.567. The van der Waals surface area contributed by atoms with Crippen molar-refractivity contribution in [2.75, 3.05) is 0 Å². The van der Waals surface area contributed by atoms with Crippen molar-refractivity contribution in [3.05, 3.63) is 33.6 Å². The van der Waals surface area contributed by atoms with Gasteiger partial charge in [0, 0.05) is 23.7 Å². The molecule has 82 valence electrons. The second kappa shape index (κ2) is 4.88. The van der Waals surface area contributed by atoms with Crippen LogP contribution in [0.2, 0.25) is 0 Å². The van der Waals surface area contributed by atoms with Crippen LogP contribution in [0.3, 0.4) is 0 Å². The molecule has 2 aromatic rings. The van der Waals surface area contributed by atoms with Crippen molar-refractivity contribution in [2.45, 2.75) is 20.0 Å². The molecule has 16 heavy (non-hydrogen) atoms. The number of hydrogen-bond donors (Lipinski definition) is 1. The van der Waals surface area contributed by atoms with E-state index in [1.165, 1.54) is 0 Å². The zero-order chi connectivity index (χ0) is 11.4. The maximum atomic E-state index is 8.66. The van der Waals surface area contributed by atoms with E-state index < -0.39 is 0 Å². The first-order chi connectivity index (χ1) is 7.78. The third kappa shape index (κ3) is 2.66. The van der Waals surface area contributed by atoms with Crippen molar-refractivity contribution in [3.8, 4) is 6.07 Å². The molecule has 0 bridgehead atoms. The van der Waals surface area contributed by atoms with E-state index in [2.05, 4.69) is 21.5 Å². The molecule has 2 heterocycles. The van der Waals surface area contributed by atoms with Crippen LogP contribution in [0.1, 0.15) is 22.2 Å². The molecule has 0 saturated carbocycles. The van der Waals surface area contributed by atoms with E-state index in [1.807, 2.05) is 11.4 Å². The van der Waals surface area contributed by atoms with Gasteiger partial charge in [0.1, 0.15) is 6.07 Å². The van der Waals surface area contributed by atoms with Crippen LogP contribution in [0, 0.1) is 18.3 Å². The summed E-state index contributed by atoms with van der Waals surface area (Å²) in [5.74, 6) is 1.22. The molecule has 5 nitrogen and oxygen atoms in total. The molecule has 0 spiro atoms. The van der Waals surface area contributed by atoms with E-state index in [1.54, 1.807) is 18.3 Å². The van der Waals surface area contributed by atoms with Gasteiger partial charge in [-0.3, -0.25) is 0 Å². The summed E-state index contributed by atoms with van der Waals surface area (Å²) < 4.78 is 4.85. The highest BCUT2D eigenvalue weighted by molar-refractivity contribution is 7.10. The maximum Gasteiger partial charge on any atom is 0.223 e. The molecule has 6 heteroatoms. The molecular weight excluding hydrogens is 224 g/mol. The molecule has 2 aromatic heterocycles. The van der Waals surface area contributed by atoms with Gasteiger partial charge in [-0.15, -0.1) is 11.3 Å². The molecule has 0 amide bonds. The molecular formula is C10H10N4OS. The van der Waals surface area contributed by atoms with Crippen LogP contribution < -0.4 is 5.32 Å². The third-order valence-electron chi connectivity index (χ3n) is 1.93. The summed E-state index contributed by atoms with van der Waals surface area (Å²) in [5, 5.41) is 17.5. The van der Waals surface area contributed by atoms with Crippen LogP contribution in [0.4, 0.5) is 0 Å². The average molecular weight is 234 g/mol. The monoisotopic (exact) mass is 234 g/mol. The predicted octanol–water partition coefficient (Wildman–Crippen LogP) is 1.60. The lowest BCUT2D eigenvalue weighted by Crippen LogP contribution is -2.12. The van der Waals surface area contributed by atoms with Gasteiger partial charge < -0.3 is 9.84 Å². The zero-order valence-electron chi connectivity index (χ0n) is 8.73. The van der Waals surface area contributed by atoms with E-state index in [0.29, 0.717) is 30.4 Å². The van der Waals surface area contributed by atoms with E-state index in [-0.39, 0.29) is 0 Å². The van der Waals surface area contributed by atoms with E-state index >= 15 is 0 Å². The second-order valence-electron chi connectivity index (χ2n) is 3.25. The summed E-state index contributed by atoms with van der Waals surface area (Å²) in [5.41, 5.74) is 0.706. The Morgan fingerprint density at radius 1 is 1.56 bits per heavy atom. The fourth-order valence-electron chi connectivity index (χ4n) is 1.24. The molecule has 0 aliphatic heterocycles. The van der Waals surface area contributed by atoms with E-state index in [4.69, 9.17) is 9.78 Å². The molecule has 0 fully saturated rings. The summed E-state index contributed by atoms with van der Waals surface area (Å²) in [7, 11) is 0. The molecule has 0 unspecified atom stereocenters. The van der Waals surface area contributed by atoms with Crippen LogP contribution in [-0.2, 0) is 13.1 Å². The molecule has 0 aliphatic rings. The summed E-state index contributed by atoms with van der Waals surface area (Å²) >= 11 is 1.57. The van der Waals surface area contributed by atoms with Crippen LogP contribution >= 0.6 is 11.3 Å². The lowest BCUT2D eigenvalue weighted by molar-refractivity contribution is 0.385. The number of aryl methyl sites for hydroxylation is 1. The Morgan fingerprint density at radius 2 is 2.44 bits per heavy atom. The molecule has 0 atom stereocenters. The Balaban J connectivity index is 1.82. The van der Waals surface area contributed by atoms with Gasteiger partial charge in [0.15, 0.2) is 5.82 Å². The van der Waals surface area contributed by atoms with Crippen molar-refractivity contribution in [2.24, 2.45) is 0 Å². The van der Waals surface area contributed by atoms with Gasteiger partial charge in [-0.1, -0.05) is 5.16 Å². The number of thiophene rings is 1. The number of nitrogens with zero attached hydrogens (tertiary/aromatic N) is 3. The lowest BCUT2D eigenvalue weighted by Gasteiger charge is -1.97. The van der Waals surface area contributed by atoms with Gasteiger partial charge >= 0.3 is 0 Å². The average Bonchev–Trinajstić information content (AvgIpc) is 2.88. The standard InChI is InChI=1S/C10H10N4OS/c1-7-13-10(14-15-7)5-12-4-9-2-8(3-11)6-16-9/h2,6,12H,4-5H2,1H3. The summed E-state index contributed by atoms with van der Waals surface area (Å²) in [6, 6.07) is 3.98. The minimum absolute atomic E-state index is 0.567. The van der Waals surface area contributed by atoms with Crippen LogP contribution in [-0.4, -0.2) is 10.1 Å². The predicted molar refractivity (Wildman–Crippen MR) is 58.6 cm³/mol. The van der Waals surface area contributed by atoms with E-state index in [0.717, 1.165) is 4.88 Å². The first-order valence-corrected chi connectivity index (χ1v) is 5.63. The van der Waals surface area contributed by atoms with Crippen LogP contribution in [0.5, 0.6) is 0 Å². The first-order valence-electron chi connectivity index (χ1n) is 4.75. The zero-order valence-corrected chi connectivity index (χ0v) is 9.54. The maximum absolute atomic E-state index is 8.66. The molecule has 0 aliphatic carbocycles. The number of nitrogens with one attached hydrogen (secondary N) is 1. The van der Waals surface area contributed by atoms with E-state index in [9.17, 15) is 0 Å². The molecule has 2 rings (SSSR count). The third-order valence-corrected chi connectivity index (χ3v) is 2.87. The number of rotatable bonds is 4. The quantitative estimate of drug-likeness (QED) is 0.869. The number of aromatic nitrogens is 2. The fourth-order valence-corrected chi connectivity index (χ4v) is 2.02. The molecule has 0 aromatic carbocycles. The molecule has 1 N–H and O–H groups in total. The molecule has 0 saturated heterocycles. The number of nitriles is 1. The van der Waals surface area contributed by atoms with Gasteiger partial charge in [0.2, 0.25) is 5.89 Å².